The van der Waals surface area contributed by atoms with Gasteiger partial charge < -0.3 is 14.0 Å². The highest BCUT2D eigenvalue weighted by Gasteiger charge is 2.07. The molecule has 0 fully saturated rings. The second-order valence-corrected chi connectivity index (χ2v) is 3.96. The average Bonchev–Trinajstić information content (AvgIpc) is 2.80. The van der Waals surface area contributed by atoms with Crippen LogP contribution >= 0.6 is 0 Å². The number of hydrogen-bond acceptors (Lipinski definition) is 3. The van der Waals surface area contributed by atoms with E-state index in [4.69, 9.17) is 4.74 Å². The van der Waals surface area contributed by atoms with Gasteiger partial charge in [0.05, 0.1) is 25.7 Å². The number of ether oxygens (including phenoxy) is 2. The van der Waals surface area contributed by atoms with Crippen molar-refractivity contribution in [2.75, 3.05) is 13.7 Å². The molecule has 0 saturated carbocycles. The second kappa shape index (κ2) is 5.58. The number of rotatable bonds is 5. The first-order valence-electron chi connectivity index (χ1n) is 6.03. The Bertz CT molecular complexity index is 545. The van der Waals surface area contributed by atoms with Crippen LogP contribution < -0.4 is 4.74 Å². The molecule has 1 heterocycles. The number of aryl methyl sites for hydroxylation is 1. The van der Waals surface area contributed by atoms with Gasteiger partial charge in [0.1, 0.15) is 5.75 Å². The maximum atomic E-state index is 11.2. The third-order valence-electron chi connectivity index (χ3n) is 2.86. The van der Waals surface area contributed by atoms with E-state index in [9.17, 15) is 4.79 Å². The zero-order valence-electron chi connectivity index (χ0n) is 10.7. The summed E-state index contributed by atoms with van der Waals surface area (Å²) in [5, 5.41) is 1.07. The molecule has 1 aromatic heterocycles. The van der Waals surface area contributed by atoms with E-state index < -0.39 is 0 Å². The quantitative estimate of drug-likeness (QED) is 0.762. The summed E-state index contributed by atoms with van der Waals surface area (Å²) < 4.78 is 12.3. The van der Waals surface area contributed by atoms with Crippen molar-refractivity contribution in [3.05, 3.63) is 30.5 Å². The van der Waals surface area contributed by atoms with Crippen LogP contribution in [-0.4, -0.2) is 24.3 Å². The van der Waals surface area contributed by atoms with Gasteiger partial charge in [0.25, 0.3) is 0 Å². The number of nitrogens with zero attached hydrogens (tertiary/aromatic N) is 1. The molecule has 0 aliphatic heterocycles. The van der Waals surface area contributed by atoms with Gasteiger partial charge in [0.2, 0.25) is 0 Å². The minimum absolute atomic E-state index is 0.196. The first-order valence-corrected chi connectivity index (χ1v) is 6.03. The topological polar surface area (TPSA) is 40.5 Å². The molecular weight excluding hydrogens is 230 g/mol. The lowest BCUT2D eigenvalue weighted by Gasteiger charge is -2.07. The molecule has 0 unspecified atom stereocenters. The van der Waals surface area contributed by atoms with Crippen LogP contribution in [0.2, 0.25) is 0 Å². The fraction of sp³-hybridized carbons (Fsp3) is 0.357. The number of aromatic nitrogens is 1. The van der Waals surface area contributed by atoms with Crippen molar-refractivity contribution in [3.8, 4) is 5.75 Å². The van der Waals surface area contributed by atoms with Gasteiger partial charge in [-0.05, 0) is 25.1 Å². The zero-order chi connectivity index (χ0) is 13.0. The van der Waals surface area contributed by atoms with Gasteiger partial charge in [0.15, 0.2) is 0 Å². The normalized spacial score (nSPS) is 10.6. The molecule has 0 saturated heterocycles. The van der Waals surface area contributed by atoms with Gasteiger partial charge in [0, 0.05) is 18.1 Å². The molecule has 0 radical (unpaired) electrons. The summed E-state index contributed by atoms with van der Waals surface area (Å²) in [4.78, 5) is 11.2. The Labute approximate surface area is 106 Å². The molecule has 4 nitrogen and oxygen atoms in total. The highest BCUT2D eigenvalue weighted by Crippen LogP contribution is 2.26. The van der Waals surface area contributed by atoms with Gasteiger partial charge in [-0.3, -0.25) is 4.79 Å². The smallest absolute Gasteiger partial charge is 0.307 e. The summed E-state index contributed by atoms with van der Waals surface area (Å²) in [7, 11) is 1.41. The summed E-state index contributed by atoms with van der Waals surface area (Å²) in [5.41, 5.74) is 1.07. The highest BCUT2D eigenvalue weighted by molar-refractivity contribution is 5.86. The predicted molar refractivity (Wildman–Crippen MR) is 69.7 cm³/mol. The van der Waals surface area contributed by atoms with E-state index in [-0.39, 0.29) is 5.97 Å². The summed E-state index contributed by atoms with van der Waals surface area (Å²) in [6.07, 6.45) is 2.34. The maximum Gasteiger partial charge on any atom is 0.307 e. The summed E-state index contributed by atoms with van der Waals surface area (Å²) in [5.74, 6) is 0.685. The molecule has 2 aromatic rings. The molecule has 4 heteroatoms. The van der Waals surface area contributed by atoms with Crippen LogP contribution in [-0.2, 0) is 16.1 Å². The van der Waals surface area contributed by atoms with Gasteiger partial charge in [-0.2, -0.15) is 0 Å². The molecule has 1 aromatic carbocycles. The largest absolute Gasteiger partial charge is 0.493 e. The molecule has 0 aliphatic rings. The van der Waals surface area contributed by atoms with Crippen LogP contribution in [0.4, 0.5) is 0 Å². The lowest BCUT2D eigenvalue weighted by atomic mass is 10.2. The Morgan fingerprint density at radius 1 is 1.33 bits per heavy atom. The number of carbonyl (C=O) groups excluding carboxylic acids is 1. The fourth-order valence-electron chi connectivity index (χ4n) is 1.99. The first-order chi connectivity index (χ1) is 8.76. The lowest BCUT2D eigenvalue weighted by Crippen LogP contribution is -2.06. The van der Waals surface area contributed by atoms with E-state index in [2.05, 4.69) is 4.74 Å². The van der Waals surface area contributed by atoms with Gasteiger partial charge in [-0.15, -0.1) is 0 Å². The van der Waals surface area contributed by atoms with E-state index in [1.165, 1.54) is 7.11 Å². The van der Waals surface area contributed by atoms with Crippen molar-refractivity contribution < 1.29 is 14.3 Å². The Balaban J connectivity index is 2.25. The number of hydrogen-bond donors (Lipinski definition) is 0. The van der Waals surface area contributed by atoms with E-state index in [1.54, 1.807) is 0 Å². The van der Waals surface area contributed by atoms with Gasteiger partial charge in [-0.1, -0.05) is 6.07 Å². The standard InChI is InChI=1S/C14H17NO3/c1-3-18-13-6-4-5-12-11(13)7-9-15(12)10-8-14(16)17-2/h4-7,9H,3,8,10H2,1-2H3. The van der Waals surface area contributed by atoms with Crippen molar-refractivity contribution in [2.45, 2.75) is 19.9 Å². The molecule has 0 N–H and O–H groups in total. The third kappa shape index (κ3) is 2.47. The fourth-order valence-corrected chi connectivity index (χ4v) is 1.99. The monoisotopic (exact) mass is 247 g/mol. The van der Waals surface area contributed by atoms with Gasteiger partial charge in [-0.25, -0.2) is 0 Å². The summed E-state index contributed by atoms with van der Waals surface area (Å²) in [6, 6.07) is 7.95. The van der Waals surface area contributed by atoms with E-state index in [0.29, 0.717) is 19.6 Å². The minimum atomic E-state index is -0.196. The number of methoxy groups -OCH3 is 1. The molecule has 0 spiro atoms. The van der Waals surface area contributed by atoms with E-state index in [1.807, 2.05) is 42.0 Å². The van der Waals surface area contributed by atoms with Crippen molar-refractivity contribution in [1.82, 2.24) is 4.57 Å². The highest BCUT2D eigenvalue weighted by atomic mass is 16.5. The van der Waals surface area contributed by atoms with Crippen molar-refractivity contribution in [3.63, 3.8) is 0 Å². The molecule has 0 bridgehead atoms. The average molecular weight is 247 g/mol. The van der Waals surface area contributed by atoms with Crippen LogP contribution in [0.15, 0.2) is 30.5 Å². The van der Waals surface area contributed by atoms with E-state index in [0.717, 1.165) is 16.7 Å². The van der Waals surface area contributed by atoms with E-state index >= 15 is 0 Å². The lowest BCUT2D eigenvalue weighted by molar-refractivity contribution is -0.140. The molecule has 96 valence electrons. The Morgan fingerprint density at radius 3 is 2.89 bits per heavy atom. The van der Waals surface area contributed by atoms with Crippen molar-refractivity contribution >= 4 is 16.9 Å². The molecule has 0 atom stereocenters. The van der Waals surface area contributed by atoms with Crippen LogP contribution in [0.1, 0.15) is 13.3 Å². The second-order valence-electron chi connectivity index (χ2n) is 3.96. The Kier molecular flexibility index (Phi) is 3.87. The molecule has 0 amide bonds. The Hall–Kier alpha value is -1.97. The number of fused-ring (bicyclic) bond motifs is 1. The van der Waals surface area contributed by atoms with Crippen LogP contribution in [0.5, 0.6) is 5.75 Å². The molecule has 18 heavy (non-hydrogen) atoms. The minimum Gasteiger partial charge on any atom is -0.493 e. The maximum absolute atomic E-state index is 11.2. The summed E-state index contributed by atoms with van der Waals surface area (Å²) in [6.45, 7) is 3.23. The van der Waals surface area contributed by atoms with Crippen LogP contribution in [0.25, 0.3) is 10.9 Å². The van der Waals surface area contributed by atoms with Gasteiger partial charge >= 0.3 is 5.97 Å². The van der Waals surface area contributed by atoms with Crippen molar-refractivity contribution in [1.29, 1.82) is 0 Å². The summed E-state index contributed by atoms with van der Waals surface area (Å²) >= 11 is 0. The van der Waals surface area contributed by atoms with Crippen molar-refractivity contribution in [2.24, 2.45) is 0 Å². The predicted octanol–water partition coefficient (Wildman–Crippen LogP) is 2.60. The SMILES string of the molecule is CCOc1cccc2c1ccn2CCC(=O)OC. The zero-order valence-corrected chi connectivity index (χ0v) is 10.7. The number of carbonyl (C=O) groups is 1. The van der Waals surface area contributed by atoms with Crippen LogP contribution in [0.3, 0.4) is 0 Å². The molecular formula is C14H17NO3. The first kappa shape index (κ1) is 12.5. The molecule has 0 aliphatic carbocycles. The Morgan fingerprint density at radius 2 is 2.17 bits per heavy atom. The third-order valence-corrected chi connectivity index (χ3v) is 2.86. The molecule has 2 rings (SSSR count). The number of benzene rings is 1. The van der Waals surface area contributed by atoms with Crippen LogP contribution in [0, 0.1) is 0 Å². The number of esters is 1.